The number of hydrogen-bond acceptors (Lipinski definition) is 3. The molecule has 1 N–H and O–H groups in total. The van der Waals surface area contributed by atoms with E-state index in [0.29, 0.717) is 24.7 Å². The lowest BCUT2D eigenvalue weighted by Crippen LogP contribution is -2.55. The minimum absolute atomic E-state index is 0.111. The summed E-state index contributed by atoms with van der Waals surface area (Å²) < 4.78 is 5.51. The lowest BCUT2D eigenvalue weighted by molar-refractivity contribution is -0.145. The van der Waals surface area contributed by atoms with E-state index in [-0.39, 0.29) is 17.5 Å². The SMILES string of the molecule is CN(C)C(=O)[C@@H]1CN(C(=O)NC2(Cc3ccc(Cl)cc3)CC2)CCO1. The highest BCUT2D eigenvalue weighted by molar-refractivity contribution is 6.30. The number of urea groups is 1. The van der Waals surface area contributed by atoms with Gasteiger partial charge in [-0.05, 0) is 37.0 Å². The maximum atomic E-state index is 12.6. The van der Waals surface area contributed by atoms with Gasteiger partial charge < -0.3 is 19.9 Å². The minimum atomic E-state index is -0.582. The molecule has 0 radical (unpaired) electrons. The van der Waals surface area contributed by atoms with Crippen LogP contribution in [0.2, 0.25) is 5.02 Å². The molecule has 2 aliphatic rings. The molecule has 25 heavy (non-hydrogen) atoms. The quantitative estimate of drug-likeness (QED) is 0.886. The summed E-state index contributed by atoms with van der Waals surface area (Å²) in [5.74, 6) is -0.111. The van der Waals surface area contributed by atoms with E-state index in [9.17, 15) is 9.59 Å². The van der Waals surface area contributed by atoms with Crippen LogP contribution in [0.15, 0.2) is 24.3 Å². The Morgan fingerprint density at radius 3 is 2.60 bits per heavy atom. The highest BCUT2D eigenvalue weighted by Crippen LogP contribution is 2.39. The Morgan fingerprint density at radius 1 is 1.32 bits per heavy atom. The topological polar surface area (TPSA) is 61.9 Å². The van der Waals surface area contributed by atoms with E-state index in [1.807, 2.05) is 24.3 Å². The van der Waals surface area contributed by atoms with Crippen LogP contribution in [0.25, 0.3) is 0 Å². The molecule has 1 aliphatic carbocycles. The number of likely N-dealkylation sites (N-methyl/N-ethyl adjacent to an activating group) is 1. The molecule has 3 rings (SSSR count). The van der Waals surface area contributed by atoms with Crippen LogP contribution in [0.1, 0.15) is 18.4 Å². The summed E-state index contributed by atoms with van der Waals surface area (Å²) in [7, 11) is 3.38. The fourth-order valence-electron chi connectivity index (χ4n) is 3.07. The predicted octanol–water partition coefficient (Wildman–Crippen LogP) is 1.91. The maximum absolute atomic E-state index is 12.6. The summed E-state index contributed by atoms with van der Waals surface area (Å²) in [6.45, 7) is 1.17. The van der Waals surface area contributed by atoms with Crippen molar-refractivity contribution in [2.45, 2.75) is 30.9 Å². The van der Waals surface area contributed by atoms with Crippen LogP contribution >= 0.6 is 11.6 Å². The largest absolute Gasteiger partial charge is 0.365 e. The van der Waals surface area contributed by atoms with E-state index in [1.165, 1.54) is 4.90 Å². The number of ether oxygens (including phenoxy) is 1. The van der Waals surface area contributed by atoms with Crippen molar-refractivity contribution in [3.63, 3.8) is 0 Å². The molecule has 6 nitrogen and oxygen atoms in total. The Morgan fingerprint density at radius 2 is 2.00 bits per heavy atom. The van der Waals surface area contributed by atoms with Crippen molar-refractivity contribution in [1.82, 2.24) is 15.1 Å². The lowest BCUT2D eigenvalue weighted by Gasteiger charge is -2.34. The van der Waals surface area contributed by atoms with Crippen molar-refractivity contribution in [2.75, 3.05) is 33.8 Å². The number of benzene rings is 1. The molecule has 0 unspecified atom stereocenters. The number of rotatable bonds is 4. The molecule has 0 bridgehead atoms. The Kier molecular flexibility index (Phi) is 5.20. The second-order valence-electron chi connectivity index (χ2n) is 7.05. The van der Waals surface area contributed by atoms with E-state index in [2.05, 4.69) is 5.32 Å². The first-order valence-electron chi connectivity index (χ1n) is 8.53. The first-order chi connectivity index (χ1) is 11.9. The van der Waals surface area contributed by atoms with Crippen molar-refractivity contribution in [3.05, 3.63) is 34.9 Å². The molecular formula is C18H24ClN3O3. The zero-order chi connectivity index (χ0) is 18.0. The third kappa shape index (κ3) is 4.44. The number of carbonyl (C=O) groups is 2. The van der Waals surface area contributed by atoms with Crippen LogP contribution in [0.4, 0.5) is 4.79 Å². The molecule has 1 heterocycles. The summed E-state index contributed by atoms with van der Waals surface area (Å²) in [6.07, 6.45) is 2.14. The summed E-state index contributed by atoms with van der Waals surface area (Å²) in [5, 5.41) is 3.87. The van der Waals surface area contributed by atoms with Crippen LogP contribution in [0, 0.1) is 0 Å². The van der Waals surface area contributed by atoms with Crippen LogP contribution in [0.5, 0.6) is 0 Å². The van der Waals surface area contributed by atoms with Crippen LogP contribution in [-0.2, 0) is 16.0 Å². The number of nitrogens with zero attached hydrogens (tertiary/aromatic N) is 2. The maximum Gasteiger partial charge on any atom is 0.318 e. The Balaban J connectivity index is 1.58. The van der Waals surface area contributed by atoms with E-state index in [4.69, 9.17) is 16.3 Å². The van der Waals surface area contributed by atoms with Crippen LogP contribution < -0.4 is 5.32 Å². The number of morpholine rings is 1. The first kappa shape index (κ1) is 18.0. The van der Waals surface area contributed by atoms with Crippen LogP contribution in [0.3, 0.4) is 0 Å². The molecule has 7 heteroatoms. The smallest absolute Gasteiger partial charge is 0.318 e. The summed E-state index contributed by atoms with van der Waals surface area (Å²) in [6, 6.07) is 7.61. The molecule has 3 amide bonds. The Bertz CT molecular complexity index is 643. The minimum Gasteiger partial charge on any atom is -0.365 e. The van der Waals surface area contributed by atoms with E-state index in [0.717, 1.165) is 24.8 Å². The average molecular weight is 366 g/mol. The number of halogens is 1. The second-order valence-corrected chi connectivity index (χ2v) is 7.49. The molecule has 1 atom stereocenters. The van der Waals surface area contributed by atoms with Gasteiger partial charge in [0.15, 0.2) is 6.10 Å². The number of nitrogens with one attached hydrogen (secondary N) is 1. The molecule has 0 spiro atoms. The summed E-state index contributed by atoms with van der Waals surface area (Å²) >= 11 is 5.93. The highest BCUT2D eigenvalue weighted by atomic mass is 35.5. The van der Waals surface area contributed by atoms with Crippen LogP contribution in [-0.4, -0.2) is 67.2 Å². The number of amides is 3. The summed E-state index contributed by atoms with van der Waals surface area (Å²) in [5.41, 5.74) is 0.981. The van der Waals surface area contributed by atoms with Gasteiger partial charge in [0.05, 0.1) is 13.2 Å². The zero-order valence-electron chi connectivity index (χ0n) is 14.6. The van der Waals surface area contributed by atoms with Gasteiger partial charge in [0, 0.05) is 31.2 Å². The molecule has 1 aliphatic heterocycles. The average Bonchev–Trinajstić information content (AvgIpc) is 3.35. The fourth-order valence-corrected chi connectivity index (χ4v) is 3.19. The second kappa shape index (κ2) is 7.22. The van der Waals surface area contributed by atoms with Gasteiger partial charge in [-0.2, -0.15) is 0 Å². The number of hydrogen-bond donors (Lipinski definition) is 1. The standard InChI is InChI=1S/C18H24ClN3O3/c1-21(2)16(23)15-12-22(9-10-25-15)17(24)20-18(7-8-18)11-13-3-5-14(19)6-4-13/h3-6,15H,7-12H2,1-2H3,(H,20,24)/t15-/m0/s1. The van der Waals surface area contributed by atoms with E-state index in [1.54, 1.807) is 19.0 Å². The highest BCUT2D eigenvalue weighted by Gasteiger charge is 2.45. The van der Waals surface area contributed by atoms with Gasteiger partial charge in [0.25, 0.3) is 5.91 Å². The molecule has 1 saturated heterocycles. The first-order valence-corrected chi connectivity index (χ1v) is 8.91. The third-order valence-corrected chi connectivity index (χ3v) is 5.00. The fraction of sp³-hybridized carbons (Fsp3) is 0.556. The molecule has 1 aromatic carbocycles. The molecule has 2 fully saturated rings. The molecule has 0 aromatic heterocycles. The van der Waals surface area contributed by atoms with E-state index < -0.39 is 6.10 Å². The van der Waals surface area contributed by atoms with Gasteiger partial charge in [0.2, 0.25) is 0 Å². The predicted molar refractivity (Wildman–Crippen MR) is 95.7 cm³/mol. The van der Waals surface area contributed by atoms with Gasteiger partial charge in [-0.1, -0.05) is 23.7 Å². The van der Waals surface area contributed by atoms with Crippen molar-refractivity contribution in [1.29, 1.82) is 0 Å². The van der Waals surface area contributed by atoms with Gasteiger partial charge in [-0.3, -0.25) is 4.79 Å². The normalized spacial score (nSPS) is 21.6. The monoisotopic (exact) mass is 365 g/mol. The molecular weight excluding hydrogens is 342 g/mol. The van der Waals surface area contributed by atoms with E-state index >= 15 is 0 Å². The molecule has 1 saturated carbocycles. The molecule has 136 valence electrons. The van der Waals surface area contributed by atoms with Gasteiger partial charge in [-0.15, -0.1) is 0 Å². The van der Waals surface area contributed by atoms with Gasteiger partial charge in [-0.25, -0.2) is 4.79 Å². The Hall–Kier alpha value is -1.79. The molecule has 1 aromatic rings. The lowest BCUT2D eigenvalue weighted by atomic mass is 10.0. The van der Waals surface area contributed by atoms with Crippen molar-refractivity contribution < 1.29 is 14.3 Å². The van der Waals surface area contributed by atoms with Gasteiger partial charge in [0.1, 0.15) is 0 Å². The van der Waals surface area contributed by atoms with Crippen molar-refractivity contribution in [3.8, 4) is 0 Å². The van der Waals surface area contributed by atoms with Crippen molar-refractivity contribution in [2.24, 2.45) is 0 Å². The van der Waals surface area contributed by atoms with Gasteiger partial charge >= 0.3 is 6.03 Å². The Labute approximate surface area is 153 Å². The summed E-state index contributed by atoms with van der Waals surface area (Å²) in [4.78, 5) is 27.9. The number of carbonyl (C=O) groups excluding carboxylic acids is 2. The van der Waals surface area contributed by atoms with Crippen molar-refractivity contribution >= 4 is 23.5 Å². The zero-order valence-corrected chi connectivity index (χ0v) is 15.4. The third-order valence-electron chi connectivity index (χ3n) is 4.75.